The predicted octanol–water partition coefficient (Wildman–Crippen LogP) is 5.87. The third-order valence-electron chi connectivity index (χ3n) is 5.03. The van der Waals surface area contributed by atoms with Crippen LogP contribution in [0.15, 0.2) is 85.2 Å². The van der Waals surface area contributed by atoms with E-state index < -0.39 is 0 Å². The summed E-state index contributed by atoms with van der Waals surface area (Å²) in [6, 6.07) is 22.5. The van der Waals surface area contributed by atoms with E-state index in [1.807, 2.05) is 38.1 Å². The number of amides is 1. The van der Waals surface area contributed by atoms with Crippen LogP contribution in [0.2, 0.25) is 0 Å². The van der Waals surface area contributed by atoms with Crippen LogP contribution in [0, 0.1) is 12.7 Å². The normalized spacial score (nSPS) is 11.6. The zero-order valence-electron chi connectivity index (χ0n) is 17.7. The summed E-state index contributed by atoms with van der Waals surface area (Å²) in [5.74, 6) is 0.290. The van der Waals surface area contributed by atoms with Crippen molar-refractivity contribution >= 4 is 5.91 Å². The van der Waals surface area contributed by atoms with Crippen LogP contribution in [0.3, 0.4) is 0 Å². The number of hydrogen-bond donors (Lipinski definition) is 1. The molecule has 0 bridgehead atoms. The number of rotatable bonds is 6. The van der Waals surface area contributed by atoms with E-state index in [1.54, 1.807) is 42.5 Å². The van der Waals surface area contributed by atoms with E-state index in [0.717, 1.165) is 11.1 Å². The van der Waals surface area contributed by atoms with Crippen LogP contribution >= 0.6 is 0 Å². The highest BCUT2D eigenvalue weighted by Gasteiger charge is 2.13. The van der Waals surface area contributed by atoms with Crippen LogP contribution in [-0.4, -0.2) is 15.9 Å². The van der Waals surface area contributed by atoms with E-state index in [-0.39, 0.29) is 17.8 Å². The Hall–Kier alpha value is -4.06. The zero-order chi connectivity index (χ0) is 22.5. The van der Waals surface area contributed by atoms with Gasteiger partial charge in [0, 0.05) is 17.2 Å². The molecule has 4 rings (SSSR count). The monoisotopic (exact) mass is 427 g/mol. The van der Waals surface area contributed by atoms with Crippen molar-refractivity contribution in [2.75, 3.05) is 0 Å². The molecule has 6 heteroatoms. The highest BCUT2D eigenvalue weighted by molar-refractivity contribution is 5.94. The Morgan fingerprint density at radius 1 is 0.969 bits per heavy atom. The molecule has 1 amide bonds. The van der Waals surface area contributed by atoms with Crippen LogP contribution < -0.4 is 10.1 Å². The second-order valence-corrected chi connectivity index (χ2v) is 7.48. The molecule has 0 aliphatic rings. The molecule has 32 heavy (non-hydrogen) atoms. The average molecular weight is 427 g/mol. The van der Waals surface area contributed by atoms with Gasteiger partial charge in [-0.05, 0) is 61.9 Å². The molecule has 0 saturated carbocycles. The van der Waals surface area contributed by atoms with Gasteiger partial charge in [-0.25, -0.2) is 14.4 Å². The Morgan fingerprint density at radius 3 is 2.47 bits per heavy atom. The fourth-order valence-corrected chi connectivity index (χ4v) is 3.21. The van der Waals surface area contributed by atoms with Gasteiger partial charge in [0.1, 0.15) is 17.9 Å². The van der Waals surface area contributed by atoms with Crippen LogP contribution in [0.25, 0.3) is 11.3 Å². The smallest absolute Gasteiger partial charge is 0.251 e. The molecule has 0 saturated heterocycles. The summed E-state index contributed by atoms with van der Waals surface area (Å²) in [6.07, 6.45) is 1.38. The van der Waals surface area contributed by atoms with Gasteiger partial charge in [0.05, 0.1) is 11.7 Å². The summed E-state index contributed by atoms with van der Waals surface area (Å²) >= 11 is 0. The zero-order valence-corrected chi connectivity index (χ0v) is 17.7. The molecule has 1 atom stereocenters. The van der Waals surface area contributed by atoms with Gasteiger partial charge >= 0.3 is 0 Å². The maximum absolute atomic E-state index is 13.2. The number of benzene rings is 3. The lowest BCUT2D eigenvalue weighted by Gasteiger charge is -2.15. The van der Waals surface area contributed by atoms with Gasteiger partial charge in [-0.15, -0.1) is 0 Å². The first-order chi connectivity index (χ1) is 15.5. The minimum absolute atomic E-state index is 0.132. The first kappa shape index (κ1) is 21.2. The highest BCUT2D eigenvalue weighted by atomic mass is 19.1. The maximum Gasteiger partial charge on any atom is 0.251 e. The van der Waals surface area contributed by atoms with Crippen LogP contribution in [0.1, 0.15) is 34.5 Å². The van der Waals surface area contributed by atoms with Gasteiger partial charge in [-0.3, -0.25) is 4.79 Å². The van der Waals surface area contributed by atoms with E-state index in [0.29, 0.717) is 22.9 Å². The number of aromatic nitrogens is 2. The number of nitrogens with one attached hydrogen (secondary N) is 1. The minimum Gasteiger partial charge on any atom is -0.439 e. The van der Waals surface area contributed by atoms with Crippen LogP contribution in [-0.2, 0) is 0 Å². The molecule has 3 aromatic carbocycles. The summed E-state index contributed by atoms with van der Waals surface area (Å²) in [4.78, 5) is 21.1. The topological polar surface area (TPSA) is 64.1 Å². The second kappa shape index (κ2) is 9.39. The molecule has 1 N–H and O–H groups in total. The number of aryl methyl sites for hydroxylation is 1. The molecule has 1 heterocycles. The third-order valence-corrected chi connectivity index (χ3v) is 5.03. The number of halogens is 1. The van der Waals surface area contributed by atoms with Gasteiger partial charge in [-0.2, -0.15) is 0 Å². The summed E-state index contributed by atoms with van der Waals surface area (Å²) in [6.45, 7) is 3.97. The number of nitrogens with zero attached hydrogens (tertiary/aromatic N) is 2. The van der Waals surface area contributed by atoms with Crippen molar-refractivity contribution in [3.63, 3.8) is 0 Å². The highest BCUT2D eigenvalue weighted by Crippen LogP contribution is 2.25. The Labute approximate surface area is 185 Å². The van der Waals surface area contributed by atoms with E-state index >= 15 is 0 Å². The second-order valence-electron chi connectivity index (χ2n) is 7.48. The molecule has 0 fully saturated rings. The maximum atomic E-state index is 13.2. The lowest BCUT2D eigenvalue weighted by Crippen LogP contribution is -2.26. The molecular weight excluding hydrogens is 405 g/mol. The van der Waals surface area contributed by atoms with Gasteiger partial charge in [0.25, 0.3) is 5.91 Å². The lowest BCUT2D eigenvalue weighted by molar-refractivity contribution is 0.0939. The molecule has 1 aromatic heterocycles. The van der Waals surface area contributed by atoms with Crippen molar-refractivity contribution in [3.8, 4) is 22.9 Å². The van der Waals surface area contributed by atoms with Crippen molar-refractivity contribution in [2.24, 2.45) is 0 Å². The van der Waals surface area contributed by atoms with E-state index in [2.05, 4.69) is 15.3 Å². The molecule has 0 radical (unpaired) electrons. The molecule has 4 aromatic rings. The van der Waals surface area contributed by atoms with Crippen molar-refractivity contribution in [3.05, 3.63) is 108 Å². The van der Waals surface area contributed by atoms with Crippen LogP contribution in [0.4, 0.5) is 4.39 Å². The van der Waals surface area contributed by atoms with Gasteiger partial charge < -0.3 is 10.1 Å². The van der Waals surface area contributed by atoms with E-state index in [9.17, 15) is 9.18 Å². The van der Waals surface area contributed by atoms with E-state index in [1.165, 1.54) is 24.0 Å². The number of hydrogen-bond acceptors (Lipinski definition) is 4. The third kappa shape index (κ3) is 5.16. The fourth-order valence-electron chi connectivity index (χ4n) is 3.21. The van der Waals surface area contributed by atoms with E-state index in [4.69, 9.17) is 4.74 Å². The van der Waals surface area contributed by atoms with Gasteiger partial charge in [0.2, 0.25) is 5.88 Å². The molecule has 0 aliphatic carbocycles. The first-order valence-corrected chi connectivity index (χ1v) is 10.2. The predicted molar refractivity (Wildman–Crippen MR) is 121 cm³/mol. The molecule has 5 nitrogen and oxygen atoms in total. The molecular formula is C26H22FN3O2. The standard InChI is InChI=1S/C26H22FN3O2/c1-17-6-8-19(9-7-17)18(2)30-26(31)21-4-3-5-23(14-21)32-25-15-24(28-16-29-25)20-10-12-22(27)13-11-20/h3-16,18H,1-2H3,(H,30,31)/t18-/m1/s1. The average Bonchev–Trinajstić information content (AvgIpc) is 2.80. The van der Waals surface area contributed by atoms with Gasteiger partial charge in [-0.1, -0.05) is 35.9 Å². The molecule has 160 valence electrons. The minimum atomic E-state index is -0.314. The summed E-state index contributed by atoms with van der Waals surface area (Å²) in [5, 5.41) is 3.01. The summed E-state index contributed by atoms with van der Waals surface area (Å²) in [5.41, 5.74) is 4.04. The van der Waals surface area contributed by atoms with Gasteiger partial charge in [0.15, 0.2) is 0 Å². The molecule has 0 spiro atoms. The molecule has 0 unspecified atom stereocenters. The lowest BCUT2D eigenvalue weighted by atomic mass is 10.1. The fraction of sp³-hybridized carbons (Fsp3) is 0.115. The SMILES string of the molecule is Cc1ccc([C@@H](C)NC(=O)c2cccc(Oc3cc(-c4ccc(F)cc4)ncn3)c2)cc1. The largest absolute Gasteiger partial charge is 0.439 e. The Morgan fingerprint density at radius 2 is 1.72 bits per heavy atom. The summed E-state index contributed by atoms with van der Waals surface area (Å²) in [7, 11) is 0. The quantitative estimate of drug-likeness (QED) is 0.418. The number of carbonyl (C=O) groups is 1. The Kier molecular flexibility index (Phi) is 6.22. The summed E-state index contributed by atoms with van der Waals surface area (Å²) < 4.78 is 19.0. The van der Waals surface area contributed by atoms with Crippen molar-refractivity contribution < 1.29 is 13.9 Å². The van der Waals surface area contributed by atoms with Crippen molar-refractivity contribution in [1.29, 1.82) is 0 Å². The Balaban J connectivity index is 1.47. The van der Waals surface area contributed by atoms with Crippen LogP contribution in [0.5, 0.6) is 11.6 Å². The molecule has 0 aliphatic heterocycles. The van der Waals surface area contributed by atoms with Crippen molar-refractivity contribution in [2.45, 2.75) is 19.9 Å². The van der Waals surface area contributed by atoms with Crippen molar-refractivity contribution in [1.82, 2.24) is 15.3 Å². The Bertz CT molecular complexity index is 1220. The number of ether oxygens (including phenoxy) is 1. The number of carbonyl (C=O) groups excluding carboxylic acids is 1. The first-order valence-electron chi connectivity index (χ1n) is 10.2.